The summed E-state index contributed by atoms with van der Waals surface area (Å²) in [5, 5.41) is 17.0. The summed E-state index contributed by atoms with van der Waals surface area (Å²) >= 11 is 0. The summed E-state index contributed by atoms with van der Waals surface area (Å²) in [6, 6.07) is 8.59. The first-order valence-electron chi connectivity index (χ1n) is 10.2. The molecule has 0 aromatic heterocycles. The molecular formula is C21H35IN4O2. The molecule has 0 amide bonds. The Balaban J connectivity index is 0.00000280. The number of ether oxygens (including phenoxy) is 1. The van der Waals surface area contributed by atoms with Gasteiger partial charge in [0.05, 0.1) is 18.2 Å². The number of rotatable bonds is 7. The van der Waals surface area contributed by atoms with Crippen molar-refractivity contribution < 1.29 is 9.84 Å². The number of aliphatic hydroxyl groups excluding tert-OH is 1. The molecule has 2 heterocycles. The van der Waals surface area contributed by atoms with E-state index in [1.807, 2.05) is 6.92 Å². The SMILES string of the molecule is CCNC(=NCC1(C)CCCO1)NCC(O)CN1CCc2ccccc2C1.I. The van der Waals surface area contributed by atoms with Gasteiger partial charge in [-0.1, -0.05) is 24.3 Å². The fourth-order valence-electron chi connectivity index (χ4n) is 3.84. The molecule has 0 saturated carbocycles. The van der Waals surface area contributed by atoms with Gasteiger partial charge in [0, 0.05) is 39.3 Å². The van der Waals surface area contributed by atoms with Gasteiger partial charge in [0.15, 0.2) is 5.96 Å². The first-order chi connectivity index (χ1) is 13.1. The van der Waals surface area contributed by atoms with Crippen LogP contribution in [0.25, 0.3) is 0 Å². The van der Waals surface area contributed by atoms with Gasteiger partial charge in [-0.3, -0.25) is 9.89 Å². The molecule has 2 aliphatic heterocycles. The lowest BCUT2D eigenvalue weighted by Crippen LogP contribution is -2.46. The number of β-amino-alcohol motifs (C(OH)–C–C–N with tert-alkyl or cyclic N) is 1. The zero-order valence-corrected chi connectivity index (χ0v) is 19.4. The van der Waals surface area contributed by atoms with E-state index in [9.17, 15) is 5.11 Å². The second-order valence-electron chi connectivity index (χ2n) is 7.89. The number of halogens is 1. The number of benzene rings is 1. The van der Waals surface area contributed by atoms with E-state index in [4.69, 9.17) is 4.74 Å². The van der Waals surface area contributed by atoms with E-state index in [-0.39, 0.29) is 29.6 Å². The molecule has 2 aliphatic rings. The molecule has 2 atom stereocenters. The minimum atomic E-state index is -0.433. The van der Waals surface area contributed by atoms with E-state index in [1.54, 1.807) is 0 Å². The highest BCUT2D eigenvalue weighted by Crippen LogP contribution is 2.25. The molecule has 158 valence electrons. The van der Waals surface area contributed by atoms with Crippen LogP contribution in [-0.2, 0) is 17.7 Å². The summed E-state index contributed by atoms with van der Waals surface area (Å²) in [4.78, 5) is 6.99. The van der Waals surface area contributed by atoms with Gasteiger partial charge in [0.25, 0.3) is 0 Å². The zero-order valence-electron chi connectivity index (χ0n) is 17.1. The standard InChI is InChI=1S/C21H34N4O2.HI/c1-3-22-20(24-16-21(2)10-6-12-27-21)23-13-19(26)15-25-11-9-17-7-4-5-8-18(17)14-25;/h4-5,7-8,19,26H,3,6,9-16H2,1-2H3,(H2,22,23,24);1H. The minimum Gasteiger partial charge on any atom is -0.390 e. The van der Waals surface area contributed by atoms with Crippen molar-refractivity contribution in [1.29, 1.82) is 0 Å². The molecular weight excluding hydrogens is 467 g/mol. The molecule has 6 nitrogen and oxygen atoms in total. The van der Waals surface area contributed by atoms with Crippen LogP contribution in [0.1, 0.15) is 37.8 Å². The quantitative estimate of drug-likeness (QED) is 0.303. The number of nitrogens with zero attached hydrogens (tertiary/aromatic N) is 2. The van der Waals surface area contributed by atoms with Crippen LogP contribution >= 0.6 is 24.0 Å². The molecule has 3 rings (SSSR count). The summed E-state index contributed by atoms with van der Waals surface area (Å²) in [7, 11) is 0. The first-order valence-corrected chi connectivity index (χ1v) is 10.2. The van der Waals surface area contributed by atoms with E-state index < -0.39 is 6.10 Å². The number of hydrogen-bond donors (Lipinski definition) is 3. The number of aliphatic imine (C=N–C) groups is 1. The average molecular weight is 502 g/mol. The highest BCUT2D eigenvalue weighted by molar-refractivity contribution is 14.0. The number of guanidine groups is 1. The average Bonchev–Trinajstić information content (AvgIpc) is 3.11. The van der Waals surface area contributed by atoms with E-state index in [0.29, 0.717) is 19.6 Å². The molecule has 2 unspecified atom stereocenters. The third kappa shape index (κ3) is 6.86. The second kappa shape index (κ2) is 11.3. The Hall–Kier alpha value is -0.900. The molecule has 1 saturated heterocycles. The van der Waals surface area contributed by atoms with Crippen molar-refractivity contribution in [2.75, 3.05) is 39.3 Å². The number of aliphatic hydroxyl groups is 1. The molecule has 28 heavy (non-hydrogen) atoms. The summed E-state index contributed by atoms with van der Waals surface area (Å²) in [5.41, 5.74) is 2.66. The maximum atomic E-state index is 10.5. The van der Waals surface area contributed by atoms with Crippen molar-refractivity contribution in [3.63, 3.8) is 0 Å². The summed E-state index contributed by atoms with van der Waals surface area (Å²) in [6.07, 6.45) is 2.78. The second-order valence-corrected chi connectivity index (χ2v) is 7.89. The van der Waals surface area contributed by atoms with Crippen LogP contribution in [0.15, 0.2) is 29.3 Å². The Bertz CT molecular complexity index is 635. The Labute approximate surface area is 186 Å². The van der Waals surface area contributed by atoms with Crippen molar-refractivity contribution >= 4 is 29.9 Å². The molecule has 1 aromatic rings. The normalized spacial score (nSPS) is 23.6. The van der Waals surface area contributed by atoms with E-state index in [1.165, 1.54) is 11.1 Å². The van der Waals surface area contributed by atoms with Gasteiger partial charge in [-0.2, -0.15) is 0 Å². The molecule has 1 aromatic carbocycles. The van der Waals surface area contributed by atoms with Crippen LogP contribution in [0, 0.1) is 0 Å². The van der Waals surface area contributed by atoms with Crippen LogP contribution in [0.2, 0.25) is 0 Å². The van der Waals surface area contributed by atoms with Gasteiger partial charge >= 0.3 is 0 Å². The number of fused-ring (bicyclic) bond motifs is 1. The molecule has 0 spiro atoms. The maximum Gasteiger partial charge on any atom is 0.191 e. The number of hydrogen-bond acceptors (Lipinski definition) is 4. The van der Waals surface area contributed by atoms with Crippen LogP contribution in [0.3, 0.4) is 0 Å². The smallest absolute Gasteiger partial charge is 0.191 e. The first kappa shape index (κ1) is 23.4. The predicted molar refractivity (Wildman–Crippen MR) is 124 cm³/mol. The highest BCUT2D eigenvalue weighted by atomic mass is 127. The van der Waals surface area contributed by atoms with Gasteiger partial charge in [-0.15, -0.1) is 24.0 Å². The number of nitrogens with one attached hydrogen (secondary N) is 2. The van der Waals surface area contributed by atoms with Gasteiger partial charge in [0.2, 0.25) is 0 Å². The van der Waals surface area contributed by atoms with Crippen molar-refractivity contribution in [2.24, 2.45) is 4.99 Å². The van der Waals surface area contributed by atoms with E-state index in [2.05, 4.69) is 51.7 Å². The lowest BCUT2D eigenvalue weighted by molar-refractivity contribution is 0.0283. The van der Waals surface area contributed by atoms with Crippen molar-refractivity contribution in [3.8, 4) is 0 Å². The summed E-state index contributed by atoms with van der Waals surface area (Å²) < 4.78 is 5.81. The molecule has 3 N–H and O–H groups in total. The third-order valence-corrected chi connectivity index (χ3v) is 5.40. The van der Waals surface area contributed by atoms with Crippen LogP contribution in [-0.4, -0.2) is 67.0 Å². The van der Waals surface area contributed by atoms with E-state index >= 15 is 0 Å². The highest BCUT2D eigenvalue weighted by Gasteiger charge is 2.29. The van der Waals surface area contributed by atoms with Crippen LogP contribution in [0.5, 0.6) is 0 Å². The molecule has 1 fully saturated rings. The fourth-order valence-corrected chi connectivity index (χ4v) is 3.84. The van der Waals surface area contributed by atoms with Crippen LogP contribution in [0.4, 0.5) is 0 Å². The lowest BCUT2D eigenvalue weighted by atomic mass is 10.00. The predicted octanol–water partition coefficient (Wildman–Crippen LogP) is 2.15. The molecule has 0 radical (unpaired) electrons. The zero-order chi connectivity index (χ0) is 19.1. The largest absolute Gasteiger partial charge is 0.390 e. The molecule has 0 bridgehead atoms. The minimum absolute atomic E-state index is 0. The Morgan fingerprint density at radius 2 is 2.11 bits per heavy atom. The van der Waals surface area contributed by atoms with Crippen molar-refractivity contribution in [1.82, 2.24) is 15.5 Å². The molecule has 7 heteroatoms. The van der Waals surface area contributed by atoms with Crippen LogP contribution < -0.4 is 10.6 Å². The Kier molecular flexibility index (Phi) is 9.46. The van der Waals surface area contributed by atoms with Crippen molar-refractivity contribution in [3.05, 3.63) is 35.4 Å². The molecule has 0 aliphatic carbocycles. The summed E-state index contributed by atoms with van der Waals surface area (Å²) in [6.45, 7) is 9.50. The van der Waals surface area contributed by atoms with Gasteiger partial charge in [-0.05, 0) is 44.2 Å². The van der Waals surface area contributed by atoms with Gasteiger partial charge in [-0.25, -0.2) is 0 Å². The van der Waals surface area contributed by atoms with Gasteiger partial charge < -0.3 is 20.5 Å². The summed E-state index contributed by atoms with van der Waals surface area (Å²) in [5.74, 6) is 0.747. The monoisotopic (exact) mass is 502 g/mol. The lowest BCUT2D eigenvalue weighted by Gasteiger charge is -2.30. The van der Waals surface area contributed by atoms with E-state index in [0.717, 1.165) is 51.5 Å². The van der Waals surface area contributed by atoms with Crippen molar-refractivity contribution in [2.45, 2.75) is 51.4 Å². The fraction of sp³-hybridized carbons (Fsp3) is 0.667. The van der Waals surface area contributed by atoms with Gasteiger partial charge in [0.1, 0.15) is 0 Å². The topological polar surface area (TPSA) is 69.1 Å². The Morgan fingerprint density at radius 3 is 2.82 bits per heavy atom. The Morgan fingerprint density at radius 1 is 1.32 bits per heavy atom. The third-order valence-electron chi connectivity index (χ3n) is 5.40. The maximum absolute atomic E-state index is 10.5.